The predicted molar refractivity (Wildman–Crippen MR) is 103 cm³/mol. The van der Waals surface area contributed by atoms with E-state index in [1.54, 1.807) is 42.5 Å². The van der Waals surface area contributed by atoms with E-state index in [1.165, 1.54) is 13.2 Å². The van der Waals surface area contributed by atoms with Gasteiger partial charge in [0.25, 0.3) is 0 Å². The molecule has 1 fully saturated rings. The first-order valence-electron chi connectivity index (χ1n) is 9.36. The van der Waals surface area contributed by atoms with Crippen molar-refractivity contribution in [3.8, 4) is 11.5 Å². The number of piperidine rings is 1. The number of anilines is 1. The highest BCUT2D eigenvalue weighted by molar-refractivity contribution is 5.79. The lowest BCUT2D eigenvalue weighted by molar-refractivity contribution is -0.135. The molecular formula is C20H24F2N4O3. The van der Waals surface area contributed by atoms with E-state index in [0.29, 0.717) is 19.0 Å². The summed E-state index contributed by atoms with van der Waals surface area (Å²) in [6, 6.07) is 6.44. The van der Waals surface area contributed by atoms with E-state index < -0.39 is 6.61 Å². The van der Waals surface area contributed by atoms with Gasteiger partial charge in [0.1, 0.15) is 0 Å². The fourth-order valence-electron chi connectivity index (χ4n) is 3.48. The summed E-state index contributed by atoms with van der Waals surface area (Å²) in [6.45, 7) is -1.21. The van der Waals surface area contributed by atoms with Crippen LogP contribution in [0.25, 0.3) is 0 Å². The number of hydrogen-bond donors (Lipinski definition) is 0. The number of aromatic nitrogens is 2. The molecule has 0 bridgehead atoms. The summed E-state index contributed by atoms with van der Waals surface area (Å²) in [7, 11) is 3.12. The Hall–Kier alpha value is -2.97. The first-order chi connectivity index (χ1) is 14.0. The number of ether oxygens (including phenoxy) is 2. The van der Waals surface area contributed by atoms with Crippen LogP contribution in [0.4, 0.5) is 14.7 Å². The van der Waals surface area contributed by atoms with Crippen molar-refractivity contribution in [2.75, 3.05) is 32.1 Å². The van der Waals surface area contributed by atoms with Gasteiger partial charge in [-0.2, -0.15) is 8.78 Å². The lowest BCUT2D eigenvalue weighted by atomic mass is 9.96. The van der Waals surface area contributed by atoms with Crippen molar-refractivity contribution in [3.63, 3.8) is 0 Å². The van der Waals surface area contributed by atoms with Gasteiger partial charge in [-0.15, -0.1) is 0 Å². The summed E-state index contributed by atoms with van der Waals surface area (Å²) in [5, 5.41) is 0. The number of halogens is 2. The summed E-state index contributed by atoms with van der Waals surface area (Å²) in [5.41, 5.74) is 0.762. The van der Waals surface area contributed by atoms with Gasteiger partial charge in [-0.3, -0.25) is 4.79 Å². The molecule has 1 saturated heterocycles. The lowest BCUT2D eigenvalue weighted by Crippen LogP contribution is -2.44. The summed E-state index contributed by atoms with van der Waals surface area (Å²) < 4.78 is 34.5. The maximum absolute atomic E-state index is 12.9. The number of hydrogen-bond acceptors (Lipinski definition) is 6. The molecule has 9 heteroatoms. The van der Waals surface area contributed by atoms with Crippen LogP contribution in [0.3, 0.4) is 0 Å². The zero-order chi connectivity index (χ0) is 20.8. The number of methoxy groups -OCH3 is 1. The normalized spacial score (nSPS) is 16.6. The van der Waals surface area contributed by atoms with Gasteiger partial charge in [0.2, 0.25) is 11.9 Å². The summed E-state index contributed by atoms with van der Waals surface area (Å²) >= 11 is 0. The predicted octanol–water partition coefficient (Wildman–Crippen LogP) is 2.96. The monoisotopic (exact) mass is 406 g/mol. The molecular weight excluding hydrogens is 382 g/mol. The van der Waals surface area contributed by atoms with Gasteiger partial charge in [0.15, 0.2) is 11.5 Å². The summed E-state index contributed by atoms with van der Waals surface area (Å²) in [4.78, 5) is 25.2. The number of nitrogens with zero attached hydrogens (tertiary/aromatic N) is 4. The molecule has 2 aromatic rings. The van der Waals surface area contributed by atoms with E-state index in [0.717, 1.165) is 24.9 Å². The van der Waals surface area contributed by atoms with Crippen molar-refractivity contribution in [2.45, 2.75) is 26.0 Å². The highest BCUT2D eigenvalue weighted by atomic mass is 19.3. The van der Waals surface area contributed by atoms with Gasteiger partial charge < -0.3 is 19.3 Å². The van der Waals surface area contributed by atoms with Gasteiger partial charge in [-0.25, -0.2) is 9.97 Å². The van der Waals surface area contributed by atoms with Crippen LogP contribution in [-0.2, 0) is 11.3 Å². The molecule has 0 spiro atoms. The Morgan fingerprint density at radius 3 is 2.76 bits per heavy atom. The van der Waals surface area contributed by atoms with Crippen LogP contribution in [-0.4, -0.2) is 54.6 Å². The Kier molecular flexibility index (Phi) is 6.79. The van der Waals surface area contributed by atoms with Crippen LogP contribution < -0.4 is 14.4 Å². The number of alkyl halides is 2. The molecule has 1 aromatic carbocycles. The van der Waals surface area contributed by atoms with E-state index in [1.807, 2.05) is 4.90 Å². The molecule has 1 aliphatic rings. The topological polar surface area (TPSA) is 67.8 Å². The Bertz CT molecular complexity index is 823. The average molecular weight is 406 g/mol. The first-order valence-corrected chi connectivity index (χ1v) is 9.36. The molecule has 1 amide bonds. The van der Waals surface area contributed by atoms with E-state index in [-0.39, 0.29) is 23.3 Å². The summed E-state index contributed by atoms with van der Waals surface area (Å²) in [5.74, 6) is 0.671. The second kappa shape index (κ2) is 9.49. The zero-order valence-corrected chi connectivity index (χ0v) is 16.4. The smallest absolute Gasteiger partial charge is 0.387 e. The molecule has 156 valence electrons. The Labute approximate surface area is 168 Å². The minimum Gasteiger partial charge on any atom is -0.493 e. The molecule has 0 saturated carbocycles. The number of rotatable bonds is 7. The maximum atomic E-state index is 12.9. The van der Waals surface area contributed by atoms with Crippen LogP contribution >= 0.6 is 0 Å². The van der Waals surface area contributed by atoms with E-state index >= 15 is 0 Å². The quantitative estimate of drug-likeness (QED) is 0.704. The van der Waals surface area contributed by atoms with Crippen molar-refractivity contribution in [1.29, 1.82) is 0 Å². The van der Waals surface area contributed by atoms with Crippen molar-refractivity contribution >= 4 is 11.9 Å². The molecule has 0 N–H and O–H groups in total. The van der Waals surface area contributed by atoms with Crippen LogP contribution in [0.1, 0.15) is 18.4 Å². The third kappa shape index (κ3) is 5.30. The molecule has 1 aliphatic heterocycles. The molecule has 29 heavy (non-hydrogen) atoms. The molecule has 1 unspecified atom stereocenters. The Morgan fingerprint density at radius 1 is 1.31 bits per heavy atom. The average Bonchev–Trinajstić information content (AvgIpc) is 2.74. The second-order valence-corrected chi connectivity index (χ2v) is 6.89. The lowest BCUT2D eigenvalue weighted by Gasteiger charge is -2.34. The van der Waals surface area contributed by atoms with E-state index in [9.17, 15) is 13.6 Å². The maximum Gasteiger partial charge on any atom is 0.387 e. The van der Waals surface area contributed by atoms with E-state index in [2.05, 4.69) is 14.7 Å². The van der Waals surface area contributed by atoms with Gasteiger partial charge >= 0.3 is 6.61 Å². The van der Waals surface area contributed by atoms with E-state index in [4.69, 9.17) is 4.74 Å². The van der Waals surface area contributed by atoms with Gasteiger partial charge in [-0.1, -0.05) is 6.07 Å². The van der Waals surface area contributed by atoms with Crippen LogP contribution in [0.2, 0.25) is 0 Å². The van der Waals surface area contributed by atoms with Crippen LogP contribution in [0.15, 0.2) is 36.7 Å². The van der Waals surface area contributed by atoms with Crippen LogP contribution in [0.5, 0.6) is 11.5 Å². The third-order valence-corrected chi connectivity index (χ3v) is 4.85. The van der Waals surface area contributed by atoms with Crippen LogP contribution in [0, 0.1) is 5.92 Å². The number of carbonyl (C=O) groups excluding carboxylic acids is 1. The SMILES string of the molecule is COc1cc(CN(C)C(=O)C2CCCN(c3ncccn3)C2)ccc1OC(F)F. The standard InChI is InChI=1S/C20H24F2N4O3/c1-25(12-14-6-7-16(29-19(21)22)17(11-14)28-2)18(27)15-5-3-10-26(13-15)20-23-8-4-9-24-20/h4,6-9,11,15,19H,3,5,10,12-13H2,1-2H3. The summed E-state index contributed by atoms with van der Waals surface area (Å²) in [6.07, 6.45) is 5.07. The molecule has 1 aromatic heterocycles. The van der Waals surface area contributed by atoms with Crippen molar-refractivity contribution in [1.82, 2.24) is 14.9 Å². The fraction of sp³-hybridized carbons (Fsp3) is 0.450. The third-order valence-electron chi connectivity index (χ3n) is 4.85. The number of carbonyl (C=O) groups is 1. The number of amides is 1. The van der Waals surface area contributed by atoms with Crippen molar-refractivity contribution < 1.29 is 23.0 Å². The number of benzene rings is 1. The molecule has 7 nitrogen and oxygen atoms in total. The Balaban J connectivity index is 1.64. The molecule has 2 heterocycles. The van der Waals surface area contributed by atoms with Gasteiger partial charge in [0, 0.05) is 39.1 Å². The largest absolute Gasteiger partial charge is 0.493 e. The Morgan fingerprint density at radius 2 is 2.07 bits per heavy atom. The first kappa shape index (κ1) is 20.8. The molecule has 1 atom stereocenters. The van der Waals surface area contributed by atoms with Gasteiger partial charge in [-0.05, 0) is 36.6 Å². The minimum absolute atomic E-state index is 0.0255. The second-order valence-electron chi connectivity index (χ2n) is 6.89. The minimum atomic E-state index is -2.93. The highest BCUT2D eigenvalue weighted by Gasteiger charge is 2.29. The van der Waals surface area contributed by atoms with Crippen molar-refractivity contribution in [2.24, 2.45) is 5.92 Å². The van der Waals surface area contributed by atoms with Gasteiger partial charge in [0.05, 0.1) is 13.0 Å². The highest BCUT2D eigenvalue weighted by Crippen LogP contribution is 2.30. The van der Waals surface area contributed by atoms with Crippen molar-refractivity contribution in [3.05, 3.63) is 42.2 Å². The molecule has 3 rings (SSSR count). The zero-order valence-electron chi connectivity index (χ0n) is 16.4. The molecule has 0 radical (unpaired) electrons. The fourth-order valence-corrected chi connectivity index (χ4v) is 3.48. The molecule has 0 aliphatic carbocycles.